The summed E-state index contributed by atoms with van der Waals surface area (Å²) in [5, 5.41) is 12.0. The lowest BCUT2D eigenvalue weighted by molar-refractivity contribution is 0.0786. The average molecular weight is 317 g/mol. The van der Waals surface area contributed by atoms with Gasteiger partial charge in [-0.3, -0.25) is 4.79 Å². The molecule has 1 N–H and O–H groups in total. The average Bonchev–Trinajstić information content (AvgIpc) is 3.09. The zero-order chi connectivity index (χ0) is 15.4. The Morgan fingerprint density at radius 3 is 2.45 bits per heavy atom. The lowest BCUT2D eigenvalue weighted by Gasteiger charge is -2.14. The third-order valence-electron chi connectivity index (χ3n) is 3.66. The van der Waals surface area contributed by atoms with Crippen molar-refractivity contribution in [1.82, 2.24) is 15.1 Å². The molecule has 0 spiro atoms. The SMILES string of the molecule is O=C(c1ccc(NCc2ccc(Cl)cc2)nn1)N1CCCC1. The van der Waals surface area contributed by atoms with Crippen LogP contribution in [-0.4, -0.2) is 34.1 Å². The molecule has 0 aliphatic carbocycles. The molecule has 0 saturated carbocycles. The second kappa shape index (κ2) is 6.75. The summed E-state index contributed by atoms with van der Waals surface area (Å²) < 4.78 is 0. The van der Waals surface area contributed by atoms with E-state index in [0.29, 0.717) is 23.1 Å². The van der Waals surface area contributed by atoms with E-state index < -0.39 is 0 Å². The molecular formula is C16H17ClN4O. The Labute approximate surface area is 134 Å². The van der Waals surface area contributed by atoms with Gasteiger partial charge in [-0.25, -0.2) is 0 Å². The summed E-state index contributed by atoms with van der Waals surface area (Å²) >= 11 is 5.85. The monoisotopic (exact) mass is 316 g/mol. The second-order valence-corrected chi connectivity index (χ2v) is 5.72. The third kappa shape index (κ3) is 3.54. The lowest BCUT2D eigenvalue weighted by Crippen LogP contribution is -2.28. The van der Waals surface area contributed by atoms with Crippen LogP contribution in [0.15, 0.2) is 36.4 Å². The Morgan fingerprint density at radius 1 is 1.09 bits per heavy atom. The summed E-state index contributed by atoms with van der Waals surface area (Å²) in [7, 11) is 0. The fraction of sp³-hybridized carbons (Fsp3) is 0.312. The lowest BCUT2D eigenvalue weighted by atomic mass is 10.2. The number of hydrogen-bond donors (Lipinski definition) is 1. The highest BCUT2D eigenvalue weighted by Gasteiger charge is 2.20. The molecule has 1 aromatic heterocycles. The minimum absolute atomic E-state index is 0.0331. The molecule has 0 atom stereocenters. The van der Waals surface area contributed by atoms with Crippen LogP contribution in [0.5, 0.6) is 0 Å². The van der Waals surface area contributed by atoms with Gasteiger partial charge < -0.3 is 10.2 Å². The van der Waals surface area contributed by atoms with Crippen molar-refractivity contribution in [2.45, 2.75) is 19.4 Å². The maximum atomic E-state index is 12.2. The van der Waals surface area contributed by atoms with Gasteiger partial charge in [-0.05, 0) is 42.7 Å². The summed E-state index contributed by atoms with van der Waals surface area (Å²) in [4.78, 5) is 14.0. The molecule has 0 radical (unpaired) electrons. The van der Waals surface area contributed by atoms with E-state index in [0.717, 1.165) is 31.5 Å². The maximum absolute atomic E-state index is 12.2. The fourth-order valence-corrected chi connectivity index (χ4v) is 2.54. The Kier molecular flexibility index (Phi) is 4.53. The molecular weight excluding hydrogens is 300 g/mol. The van der Waals surface area contributed by atoms with Crippen LogP contribution in [0.1, 0.15) is 28.9 Å². The first-order valence-electron chi connectivity index (χ1n) is 7.34. The van der Waals surface area contributed by atoms with Crippen molar-refractivity contribution in [2.75, 3.05) is 18.4 Å². The zero-order valence-corrected chi connectivity index (χ0v) is 12.9. The molecule has 3 rings (SSSR count). The summed E-state index contributed by atoms with van der Waals surface area (Å²) in [5.41, 5.74) is 1.50. The first-order valence-corrected chi connectivity index (χ1v) is 7.71. The Hall–Kier alpha value is -2.14. The van der Waals surface area contributed by atoms with E-state index in [2.05, 4.69) is 15.5 Å². The van der Waals surface area contributed by atoms with Crippen molar-refractivity contribution in [2.24, 2.45) is 0 Å². The van der Waals surface area contributed by atoms with Gasteiger partial charge >= 0.3 is 0 Å². The molecule has 2 aromatic rings. The summed E-state index contributed by atoms with van der Waals surface area (Å²) in [6.07, 6.45) is 2.14. The van der Waals surface area contributed by atoms with Crippen molar-refractivity contribution in [3.05, 3.63) is 52.7 Å². The van der Waals surface area contributed by atoms with Crippen molar-refractivity contribution >= 4 is 23.3 Å². The van der Waals surface area contributed by atoms with Crippen molar-refractivity contribution in [3.8, 4) is 0 Å². The van der Waals surface area contributed by atoms with Gasteiger partial charge in [0, 0.05) is 24.7 Å². The van der Waals surface area contributed by atoms with Gasteiger partial charge in [0.05, 0.1) is 0 Å². The van der Waals surface area contributed by atoms with Crippen molar-refractivity contribution < 1.29 is 4.79 Å². The largest absolute Gasteiger partial charge is 0.365 e. The van der Waals surface area contributed by atoms with E-state index in [9.17, 15) is 4.79 Å². The highest BCUT2D eigenvalue weighted by Crippen LogP contribution is 2.13. The van der Waals surface area contributed by atoms with Crippen molar-refractivity contribution in [1.29, 1.82) is 0 Å². The molecule has 1 fully saturated rings. The topological polar surface area (TPSA) is 58.1 Å². The normalized spacial score (nSPS) is 14.1. The van der Waals surface area contributed by atoms with Gasteiger partial charge in [0.2, 0.25) is 0 Å². The molecule has 0 bridgehead atoms. The van der Waals surface area contributed by atoms with Crippen LogP contribution in [0.4, 0.5) is 5.82 Å². The molecule has 1 aromatic carbocycles. The van der Waals surface area contributed by atoms with Gasteiger partial charge in [0.15, 0.2) is 5.69 Å². The number of likely N-dealkylation sites (tertiary alicyclic amines) is 1. The number of carbonyl (C=O) groups is 1. The van der Waals surface area contributed by atoms with Gasteiger partial charge in [0.25, 0.3) is 5.91 Å². The number of aromatic nitrogens is 2. The van der Waals surface area contributed by atoms with E-state index >= 15 is 0 Å². The quantitative estimate of drug-likeness (QED) is 0.942. The third-order valence-corrected chi connectivity index (χ3v) is 3.92. The first kappa shape index (κ1) is 14.8. The van der Waals surface area contributed by atoms with E-state index in [1.807, 2.05) is 29.2 Å². The van der Waals surface area contributed by atoms with Crippen LogP contribution in [0, 0.1) is 0 Å². The number of benzene rings is 1. The van der Waals surface area contributed by atoms with E-state index in [4.69, 9.17) is 11.6 Å². The maximum Gasteiger partial charge on any atom is 0.274 e. The molecule has 22 heavy (non-hydrogen) atoms. The second-order valence-electron chi connectivity index (χ2n) is 5.28. The van der Waals surface area contributed by atoms with E-state index in [1.54, 1.807) is 12.1 Å². The van der Waals surface area contributed by atoms with Gasteiger partial charge in [-0.15, -0.1) is 10.2 Å². The van der Waals surface area contributed by atoms with Gasteiger partial charge in [-0.2, -0.15) is 0 Å². The molecule has 1 aliphatic heterocycles. The number of anilines is 1. The Balaban J connectivity index is 1.59. The van der Waals surface area contributed by atoms with Crippen LogP contribution in [-0.2, 0) is 6.54 Å². The molecule has 1 amide bonds. The molecule has 114 valence electrons. The fourth-order valence-electron chi connectivity index (χ4n) is 2.42. The predicted octanol–water partition coefficient (Wildman–Crippen LogP) is 2.98. The number of halogens is 1. The van der Waals surface area contributed by atoms with Gasteiger partial charge in [0.1, 0.15) is 5.82 Å². The predicted molar refractivity (Wildman–Crippen MR) is 85.9 cm³/mol. The highest BCUT2D eigenvalue weighted by atomic mass is 35.5. The van der Waals surface area contributed by atoms with Gasteiger partial charge in [-0.1, -0.05) is 23.7 Å². The number of amides is 1. The summed E-state index contributed by atoms with van der Waals surface area (Å²) in [5.74, 6) is 0.613. The molecule has 2 heterocycles. The number of hydrogen-bond acceptors (Lipinski definition) is 4. The number of carbonyl (C=O) groups excluding carboxylic acids is 1. The van der Waals surface area contributed by atoms with Crippen molar-refractivity contribution in [3.63, 3.8) is 0 Å². The Bertz CT molecular complexity index is 636. The summed E-state index contributed by atoms with van der Waals surface area (Å²) in [6, 6.07) is 11.1. The Morgan fingerprint density at radius 2 is 1.82 bits per heavy atom. The molecule has 1 aliphatic rings. The standard InChI is InChI=1S/C16H17ClN4O/c17-13-5-3-12(4-6-13)11-18-15-8-7-14(19-20-15)16(22)21-9-1-2-10-21/h3-8H,1-2,9-11H2,(H,18,20). The minimum atomic E-state index is -0.0331. The van der Waals surface area contributed by atoms with Crippen LogP contribution in [0.2, 0.25) is 5.02 Å². The minimum Gasteiger partial charge on any atom is -0.365 e. The zero-order valence-electron chi connectivity index (χ0n) is 12.1. The van der Waals surface area contributed by atoms with E-state index in [1.165, 1.54) is 0 Å². The van der Waals surface area contributed by atoms with Crippen LogP contribution < -0.4 is 5.32 Å². The molecule has 6 heteroatoms. The summed E-state index contributed by atoms with van der Waals surface area (Å²) in [6.45, 7) is 2.26. The molecule has 5 nitrogen and oxygen atoms in total. The molecule has 0 unspecified atom stereocenters. The van der Waals surface area contributed by atoms with Crippen LogP contribution in [0.3, 0.4) is 0 Å². The molecule has 1 saturated heterocycles. The number of nitrogens with zero attached hydrogens (tertiary/aromatic N) is 3. The number of nitrogens with one attached hydrogen (secondary N) is 1. The first-order chi connectivity index (χ1) is 10.7. The number of rotatable bonds is 4. The highest BCUT2D eigenvalue weighted by molar-refractivity contribution is 6.30. The van der Waals surface area contributed by atoms with E-state index in [-0.39, 0.29) is 5.91 Å². The van der Waals surface area contributed by atoms with Crippen LogP contribution >= 0.6 is 11.6 Å². The van der Waals surface area contributed by atoms with Crippen LogP contribution in [0.25, 0.3) is 0 Å². The smallest absolute Gasteiger partial charge is 0.274 e.